The highest BCUT2D eigenvalue weighted by Gasteiger charge is 2.45. The number of nitrogens with one attached hydrogen (secondary N) is 1. The summed E-state index contributed by atoms with van der Waals surface area (Å²) in [6.45, 7) is 5.43. The van der Waals surface area contributed by atoms with E-state index >= 15 is 0 Å². The maximum atomic E-state index is 3.97. The minimum atomic E-state index is 0.503. The molecule has 1 aliphatic rings. The normalized spacial score (nSPS) is 25.7. The summed E-state index contributed by atoms with van der Waals surface area (Å²) in [5.74, 6) is 0. The van der Waals surface area contributed by atoms with Crippen molar-refractivity contribution >= 4 is 11.5 Å². The Balaban J connectivity index is 1.78. The molecule has 1 fully saturated rings. The van der Waals surface area contributed by atoms with Crippen LogP contribution in [0.2, 0.25) is 0 Å². The maximum absolute atomic E-state index is 3.97. The number of aromatic nitrogens is 2. The van der Waals surface area contributed by atoms with Gasteiger partial charge in [-0.1, -0.05) is 18.3 Å². The first kappa shape index (κ1) is 8.13. The van der Waals surface area contributed by atoms with Crippen LogP contribution in [0.1, 0.15) is 26.0 Å². The van der Waals surface area contributed by atoms with Crippen molar-refractivity contribution in [2.45, 2.75) is 32.9 Å². The van der Waals surface area contributed by atoms with E-state index in [1.54, 1.807) is 0 Å². The smallest absolute Gasteiger partial charge is 0.0893 e. The van der Waals surface area contributed by atoms with E-state index in [1.165, 1.54) is 18.0 Å². The summed E-state index contributed by atoms with van der Waals surface area (Å²) >= 11 is 1.41. The molecule has 1 unspecified atom stereocenters. The number of rotatable bonds is 3. The molecule has 3 nitrogen and oxygen atoms in total. The van der Waals surface area contributed by atoms with E-state index < -0.39 is 0 Å². The minimum Gasteiger partial charge on any atom is -0.308 e. The third kappa shape index (κ3) is 1.64. The summed E-state index contributed by atoms with van der Waals surface area (Å²) in [5.41, 5.74) is 1.56. The predicted molar refractivity (Wildman–Crippen MR) is 48.9 cm³/mol. The van der Waals surface area contributed by atoms with Crippen molar-refractivity contribution < 1.29 is 0 Å². The molecule has 1 aliphatic carbocycles. The van der Waals surface area contributed by atoms with Crippen molar-refractivity contribution in [3.63, 3.8) is 0 Å². The van der Waals surface area contributed by atoms with Gasteiger partial charge in [0.25, 0.3) is 0 Å². The van der Waals surface area contributed by atoms with E-state index in [4.69, 9.17) is 0 Å². The summed E-state index contributed by atoms with van der Waals surface area (Å²) in [6, 6.07) is 0.680. The van der Waals surface area contributed by atoms with Crippen LogP contribution in [0.3, 0.4) is 0 Å². The monoisotopic (exact) mass is 183 g/mol. The lowest BCUT2D eigenvalue weighted by molar-refractivity contribution is 0.538. The molecule has 1 N–H and O–H groups in total. The van der Waals surface area contributed by atoms with Gasteiger partial charge in [-0.15, -0.1) is 5.10 Å². The lowest BCUT2D eigenvalue weighted by atomic mass is 10.2. The van der Waals surface area contributed by atoms with Crippen LogP contribution in [0.4, 0.5) is 0 Å². The Hall–Kier alpha value is -0.480. The predicted octanol–water partition coefficient (Wildman–Crippen LogP) is 1.43. The Labute approximate surface area is 76.4 Å². The van der Waals surface area contributed by atoms with Gasteiger partial charge in [0, 0.05) is 18.0 Å². The van der Waals surface area contributed by atoms with Gasteiger partial charge in [0.15, 0.2) is 0 Å². The zero-order valence-corrected chi connectivity index (χ0v) is 8.19. The van der Waals surface area contributed by atoms with E-state index in [-0.39, 0.29) is 0 Å². The first-order chi connectivity index (χ1) is 5.68. The van der Waals surface area contributed by atoms with Crippen molar-refractivity contribution in [3.05, 3.63) is 11.1 Å². The van der Waals surface area contributed by atoms with Gasteiger partial charge >= 0.3 is 0 Å². The van der Waals surface area contributed by atoms with E-state index in [1.807, 2.05) is 5.38 Å². The van der Waals surface area contributed by atoms with E-state index in [9.17, 15) is 0 Å². The second-order valence-electron chi connectivity index (χ2n) is 4.02. The quantitative estimate of drug-likeness (QED) is 0.770. The molecule has 0 saturated heterocycles. The van der Waals surface area contributed by atoms with Gasteiger partial charge < -0.3 is 5.32 Å². The Morgan fingerprint density at radius 2 is 2.50 bits per heavy atom. The van der Waals surface area contributed by atoms with Crippen LogP contribution in [-0.4, -0.2) is 15.6 Å². The highest BCUT2D eigenvalue weighted by molar-refractivity contribution is 7.03. The van der Waals surface area contributed by atoms with Crippen LogP contribution < -0.4 is 5.32 Å². The summed E-state index contributed by atoms with van der Waals surface area (Å²) in [5, 5.41) is 9.41. The molecule has 0 amide bonds. The van der Waals surface area contributed by atoms with E-state index in [0.717, 1.165) is 12.2 Å². The third-order valence-electron chi connectivity index (χ3n) is 2.45. The average Bonchev–Trinajstić information content (AvgIpc) is 2.54. The molecular formula is C8H13N3S. The highest BCUT2D eigenvalue weighted by Crippen LogP contribution is 2.44. The molecule has 66 valence electrons. The molecule has 0 aliphatic heterocycles. The molecule has 0 bridgehead atoms. The first-order valence-corrected chi connectivity index (χ1v) is 5.01. The van der Waals surface area contributed by atoms with Crippen molar-refractivity contribution in [1.29, 1.82) is 0 Å². The molecule has 0 aromatic carbocycles. The van der Waals surface area contributed by atoms with Gasteiger partial charge in [-0.25, -0.2) is 0 Å². The SMILES string of the molecule is CC1(C)CC1NCc1csnn1. The van der Waals surface area contributed by atoms with Crippen molar-refractivity contribution in [1.82, 2.24) is 14.9 Å². The van der Waals surface area contributed by atoms with Crippen molar-refractivity contribution in [2.24, 2.45) is 5.41 Å². The molecule has 0 spiro atoms. The average molecular weight is 183 g/mol. The molecule has 12 heavy (non-hydrogen) atoms. The van der Waals surface area contributed by atoms with Crippen LogP contribution in [0.5, 0.6) is 0 Å². The molecule has 1 aromatic rings. The topological polar surface area (TPSA) is 37.8 Å². The molecular weight excluding hydrogens is 170 g/mol. The fraction of sp³-hybridized carbons (Fsp3) is 0.750. The van der Waals surface area contributed by atoms with Crippen LogP contribution in [0.25, 0.3) is 0 Å². The Morgan fingerprint density at radius 3 is 3.00 bits per heavy atom. The van der Waals surface area contributed by atoms with Crippen molar-refractivity contribution in [2.75, 3.05) is 0 Å². The number of nitrogens with zero attached hydrogens (tertiary/aromatic N) is 2. The molecule has 4 heteroatoms. The van der Waals surface area contributed by atoms with Crippen molar-refractivity contribution in [3.8, 4) is 0 Å². The molecule has 0 radical (unpaired) electrons. The lowest BCUT2D eigenvalue weighted by Gasteiger charge is -2.03. The summed E-state index contributed by atoms with van der Waals surface area (Å²) < 4.78 is 3.81. The first-order valence-electron chi connectivity index (χ1n) is 4.18. The van der Waals surface area contributed by atoms with Gasteiger partial charge in [-0.2, -0.15) is 0 Å². The van der Waals surface area contributed by atoms with Crippen LogP contribution in [0.15, 0.2) is 5.38 Å². The van der Waals surface area contributed by atoms with Crippen LogP contribution in [-0.2, 0) is 6.54 Å². The zero-order valence-electron chi connectivity index (χ0n) is 7.37. The Bertz CT molecular complexity index is 255. The van der Waals surface area contributed by atoms with E-state index in [2.05, 4.69) is 28.8 Å². The van der Waals surface area contributed by atoms with Gasteiger partial charge in [-0.05, 0) is 23.4 Å². The largest absolute Gasteiger partial charge is 0.308 e. The zero-order chi connectivity index (χ0) is 8.60. The molecule has 1 aromatic heterocycles. The van der Waals surface area contributed by atoms with Gasteiger partial charge in [-0.3, -0.25) is 0 Å². The third-order valence-corrected chi connectivity index (χ3v) is 3.00. The molecule has 1 atom stereocenters. The summed E-state index contributed by atoms with van der Waals surface area (Å²) in [6.07, 6.45) is 1.28. The maximum Gasteiger partial charge on any atom is 0.0893 e. The van der Waals surface area contributed by atoms with Crippen LogP contribution in [0, 0.1) is 5.41 Å². The second-order valence-corrected chi connectivity index (χ2v) is 4.63. The molecule has 1 saturated carbocycles. The molecule has 2 rings (SSSR count). The van der Waals surface area contributed by atoms with Crippen LogP contribution >= 0.6 is 11.5 Å². The van der Waals surface area contributed by atoms with Gasteiger partial charge in [0.05, 0.1) is 5.69 Å². The standard InChI is InChI=1S/C8H13N3S/c1-8(2)3-7(8)9-4-6-5-12-11-10-6/h5,7,9H,3-4H2,1-2H3. The van der Waals surface area contributed by atoms with Gasteiger partial charge in [0.1, 0.15) is 0 Å². The lowest BCUT2D eigenvalue weighted by Crippen LogP contribution is -2.20. The molecule has 1 heterocycles. The summed E-state index contributed by atoms with van der Waals surface area (Å²) in [4.78, 5) is 0. The van der Waals surface area contributed by atoms with E-state index in [0.29, 0.717) is 11.5 Å². The fourth-order valence-electron chi connectivity index (χ4n) is 1.30. The Kier molecular flexibility index (Phi) is 1.88. The minimum absolute atomic E-state index is 0.503. The number of hydrogen-bond acceptors (Lipinski definition) is 4. The summed E-state index contributed by atoms with van der Waals surface area (Å²) in [7, 11) is 0. The second kappa shape index (κ2) is 2.78. The Morgan fingerprint density at radius 1 is 1.75 bits per heavy atom. The fourth-order valence-corrected chi connectivity index (χ4v) is 1.76. The highest BCUT2D eigenvalue weighted by atomic mass is 32.1. The number of hydrogen-bond donors (Lipinski definition) is 1. The van der Waals surface area contributed by atoms with Gasteiger partial charge in [0.2, 0.25) is 0 Å².